The van der Waals surface area contributed by atoms with E-state index in [0.29, 0.717) is 0 Å². The quantitative estimate of drug-likeness (QED) is 0.810. The minimum atomic E-state index is -1.16. The molecule has 0 saturated carbocycles. The Morgan fingerprint density at radius 1 is 1.29 bits per heavy atom. The Labute approximate surface area is 80.2 Å². The summed E-state index contributed by atoms with van der Waals surface area (Å²) in [6, 6.07) is 5.88. The summed E-state index contributed by atoms with van der Waals surface area (Å²) < 4.78 is 24.7. The predicted molar refractivity (Wildman–Crippen MR) is 48.1 cm³/mol. The first-order chi connectivity index (χ1) is 6.70. The minimum Gasteiger partial charge on any atom is -0.478 e. The number of carbonyl (C=O) groups is 1. The maximum atomic E-state index is 12.4. The summed E-state index contributed by atoms with van der Waals surface area (Å²) in [5.74, 6) is -2.13. The summed E-state index contributed by atoms with van der Waals surface area (Å²) in [7, 11) is 0. The lowest BCUT2D eigenvalue weighted by atomic mass is 9.96. The molecule has 0 aliphatic heterocycles. The number of rotatable bonds is 4. The Kier molecular flexibility index (Phi) is 3.56. The first kappa shape index (κ1) is 10.6. The van der Waals surface area contributed by atoms with Crippen LogP contribution in [0.4, 0.5) is 8.78 Å². The molecule has 0 aliphatic rings. The van der Waals surface area contributed by atoms with E-state index in [0.717, 1.165) is 0 Å². The zero-order valence-corrected chi connectivity index (χ0v) is 7.41. The van der Waals surface area contributed by atoms with Crippen molar-refractivity contribution in [1.29, 1.82) is 0 Å². The van der Waals surface area contributed by atoms with Gasteiger partial charge in [-0.2, -0.15) is 0 Å². The van der Waals surface area contributed by atoms with E-state index in [1.54, 1.807) is 6.07 Å². The molecule has 1 rings (SSSR count). The van der Waals surface area contributed by atoms with Gasteiger partial charge in [0.25, 0.3) is 0 Å². The standard InChI is InChI=1S/C10H10F2O2/c11-5-7(6-12)8-3-1-2-4-9(8)10(13)14/h1-4,7H,5-6H2,(H,13,14). The fraction of sp³-hybridized carbons (Fsp3) is 0.300. The van der Waals surface area contributed by atoms with Gasteiger partial charge in [-0.05, 0) is 11.6 Å². The number of carboxylic acids is 1. The Morgan fingerprint density at radius 2 is 1.86 bits per heavy atom. The monoisotopic (exact) mass is 200 g/mol. The molecule has 0 bridgehead atoms. The van der Waals surface area contributed by atoms with E-state index in [1.165, 1.54) is 18.2 Å². The van der Waals surface area contributed by atoms with Gasteiger partial charge in [0.15, 0.2) is 0 Å². The molecule has 0 heterocycles. The number of halogens is 2. The second-order valence-electron chi connectivity index (χ2n) is 2.90. The van der Waals surface area contributed by atoms with E-state index < -0.39 is 25.2 Å². The van der Waals surface area contributed by atoms with Crippen molar-refractivity contribution < 1.29 is 18.7 Å². The van der Waals surface area contributed by atoms with Gasteiger partial charge < -0.3 is 5.11 Å². The van der Waals surface area contributed by atoms with Gasteiger partial charge >= 0.3 is 5.97 Å². The lowest BCUT2D eigenvalue weighted by Gasteiger charge is -2.11. The minimum absolute atomic E-state index is 0.0344. The topological polar surface area (TPSA) is 37.3 Å². The molecule has 0 unspecified atom stereocenters. The summed E-state index contributed by atoms with van der Waals surface area (Å²) in [6.07, 6.45) is 0. The first-order valence-corrected chi connectivity index (χ1v) is 4.14. The first-order valence-electron chi connectivity index (χ1n) is 4.14. The van der Waals surface area contributed by atoms with Crippen LogP contribution in [0.25, 0.3) is 0 Å². The Morgan fingerprint density at radius 3 is 2.36 bits per heavy atom. The van der Waals surface area contributed by atoms with Crippen molar-refractivity contribution in [3.8, 4) is 0 Å². The van der Waals surface area contributed by atoms with Crippen LogP contribution in [0.2, 0.25) is 0 Å². The van der Waals surface area contributed by atoms with Crippen LogP contribution >= 0.6 is 0 Å². The largest absolute Gasteiger partial charge is 0.478 e. The maximum Gasteiger partial charge on any atom is 0.335 e. The number of aromatic carboxylic acids is 1. The number of hydrogen-bond donors (Lipinski definition) is 1. The van der Waals surface area contributed by atoms with Crippen molar-refractivity contribution in [3.05, 3.63) is 35.4 Å². The van der Waals surface area contributed by atoms with E-state index in [9.17, 15) is 13.6 Å². The summed E-state index contributed by atoms with van der Waals surface area (Å²) >= 11 is 0. The summed E-state index contributed by atoms with van der Waals surface area (Å²) in [5.41, 5.74) is 0.179. The molecule has 14 heavy (non-hydrogen) atoms. The van der Waals surface area contributed by atoms with Crippen LogP contribution in [0.1, 0.15) is 21.8 Å². The highest BCUT2D eigenvalue weighted by Gasteiger charge is 2.18. The second-order valence-corrected chi connectivity index (χ2v) is 2.90. The molecule has 0 fully saturated rings. The fourth-order valence-corrected chi connectivity index (χ4v) is 1.26. The highest BCUT2D eigenvalue weighted by Crippen LogP contribution is 2.21. The van der Waals surface area contributed by atoms with Gasteiger partial charge in [0.2, 0.25) is 0 Å². The van der Waals surface area contributed by atoms with E-state index in [-0.39, 0.29) is 11.1 Å². The number of benzene rings is 1. The van der Waals surface area contributed by atoms with Crippen LogP contribution in [0.5, 0.6) is 0 Å². The van der Waals surface area contributed by atoms with Crippen LogP contribution in [-0.4, -0.2) is 24.4 Å². The van der Waals surface area contributed by atoms with Gasteiger partial charge in [0.05, 0.1) is 18.9 Å². The molecule has 0 spiro atoms. The van der Waals surface area contributed by atoms with E-state index in [4.69, 9.17) is 5.11 Å². The zero-order valence-electron chi connectivity index (χ0n) is 7.41. The molecule has 0 saturated heterocycles. The second kappa shape index (κ2) is 4.69. The average molecular weight is 200 g/mol. The third-order valence-electron chi connectivity index (χ3n) is 2.00. The van der Waals surface area contributed by atoms with E-state index >= 15 is 0 Å². The molecule has 4 heteroatoms. The maximum absolute atomic E-state index is 12.4. The smallest absolute Gasteiger partial charge is 0.335 e. The number of hydrogen-bond acceptors (Lipinski definition) is 1. The van der Waals surface area contributed by atoms with Crippen molar-refractivity contribution in [2.45, 2.75) is 5.92 Å². The van der Waals surface area contributed by atoms with Crippen molar-refractivity contribution in [2.75, 3.05) is 13.3 Å². The van der Waals surface area contributed by atoms with Gasteiger partial charge in [0, 0.05) is 5.92 Å². The van der Waals surface area contributed by atoms with Gasteiger partial charge in [-0.15, -0.1) is 0 Å². The van der Waals surface area contributed by atoms with Crippen LogP contribution in [0.15, 0.2) is 24.3 Å². The Hall–Kier alpha value is -1.45. The van der Waals surface area contributed by atoms with Gasteiger partial charge in [-0.1, -0.05) is 18.2 Å². The highest BCUT2D eigenvalue weighted by molar-refractivity contribution is 5.89. The Balaban J connectivity index is 3.11. The molecule has 76 valence electrons. The molecule has 0 radical (unpaired) electrons. The summed E-state index contributed by atoms with van der Waals surface area (Å²) in [6.45, 7) is -1.78. The number of carboxylic acid groups (broad SMARTS) is 1. The van der Waals surface area contributed by atoms with Crippen molar-refractivity contribution >= 4 is 5.97 Å². The summed E-state index contributed by atoms with van der Waals surface area (Å²) in [4.78, 5) is 10.7. The predicted octanol–water partition coefficient (Wildman–Crippen LogP) is 2.41. The highest BCUT2D eigenvalue weighted by atomic mass is 19.1. The lowest BCUT2D eigenvalue weighted by molar-refractivity contribution is 0.0695. The molecule has 0 aromatic heterocycles. The third kappa shape index (κ3) is 2.07. The molecule has 2 nitrogen and oxygen atoms in total. The van der Waals surface area contributed by atoms with Crippen LogP contribution < -0.4 is 0 Å². The van der Waals surface area contributed by atoms with Gasteiger partial charge in [-0.25, -0.2) is 4.79 Å². The van der Waals surface area contributed by atoms with Crippen LogP contribution in [-0.2, 0) is 0 Å². The van der Waals surface area contributed by atoms with E-state index in [2.05, 4.69) is 0 Å². The Bertz CT molecular complexity index is 322. The lowest BCUT2D eigenvalue weighted by Crippen LogP contribution is -2.10. The van der Waals surface area contributed by atoms with Gasteiger partial charge in [-0.3, -0.25) is 8.78 Å². The average Bonchev–Trinajstić information content (AvgIpc) is 2.20. The van der Waals surface area contributed by atoms with Crippen molar-refractivity contribution in [3.63, 3.8) is 0 Å². The molecule has 0 atom stereocenters. The SMILES string of the molecule is O=C(O)c1ccccc1C(CF)CF. The van der Waals surface area contributed by atoms with Crippen molar-refractivity contribution in [1.82, 2.24) is 0 Å². The fourth-order valence-electron chi connectivity index (χ4n) is 1.26. The molecule has 1 aromatic rings. The van der Waals surface area contributed by atoms with Crippen molar-refractivity contribution in [2.24, 2.45) is 0 Å². The molecule has 1 aromatic carbocycles. The molecular weight excluding hydrogens is 190 g/mol. The zero-order chi connectivity index (χ0) is 10.6. The normalized spacial score (nSPS) is 10.5. The van der Waals surface area contributed by atoms with Crippen LogP contribution in [0.3, 0.4) is 0 Å². The molecule has 0 aliphatic carbocycles. The number of alkyl halides is 2. The third-order valence-corrected chi connectivity index (χ3v) is 2.00. The molecular formula is C10H10F2O2. The molecule has 0 amide bonds. The van der Waals surface area contributed by atoms with Gasteiger partial charge in [0.1, 0.15) is 0 Å². The van der Waals surface area contributed by atoms with E-state index in [1.807, 2.05) is 0 Å². The summed E-state index contributed by atoms with van der Waals surface area (Å²) in [5, 5.41) is 8.76. The van der Waals surface area contributed by atoms with Crippen LogP contribution in [0, 0.1) is 0 Å². The molecule has 1 N–H and O–H groups in total.